The molecule has 81 heavy (non-hydrogen) atoms. The van der Waals surface area contributed by atoms with Crippen LogP contribution in [0.5, 0.6) is 0 Å². The normalized spacial score (nSPS) is 14.7. The van der Waals surface area contributed by atoms with E-state index in [-0.39, 0.29) is 71.9 Å². The molecule has 0 saturated heterocycles. The zero-order valence-corrected chi connectivity index (χ0v) is 43.4. The van der Waals surface area contributed by atoms with Crippen molar-refractivity contribution in [2.75, 3.05) is 0 Å². The number of aromatic nitrogens is 4. The minimum absolute atomic E-state index is 0.182. The van der Waals surface area contributed by atoms with E-state index in [1.807, 2.05) is 130 Å². The van der Waals surface area contributed by atoms with Gasteiger partial charge in [0.2, 0.25) is 5.69 Å². The molecule has 0 radical (unpaired) electrons. The number of hydrogen-bond donors (Lipinski definition) is 0. The van der Waals surface area contributed by atoms with E-state index in [1.165, 1.54) is 4.57 Å². The second kappa shape index (κ2) is 16.1. The van der Waals surface area contributed by atoms with E-state index in [9.17, 15) is 21.4 Å². The Balaban J connectivity index is 1.24. The predicted octanol–water partition coefficient (Wildman–Crippen LogP) is 19.9. The van der Waals surface area contributed by atoms with Crippen LogP contribution >= 0.6 is 0 Å². The van der Waals surface area contributed by atoms with E-state index >= 15 is 0 Å². The summed E-state index contributed by atoms with van der Waals surface area (Å²) < 4.78 is 133. The van der Waals surface area contributed by atoms with Crippen LogP contribution in [0.3, 0.4) is 0 Å². The van der Waals surface area contributed by atoms with Crippen molar-refractivity contribution in [2.45, 2.75) is 33.0 Å². The van der Waals surface area contributed by atoms with Gasteiger partial charge in [-0.1, -0.05) is 160 Å². The van der Waals surface area contributed by atoms with Crippen LogP contribution in [-0.2, 0) is 5.41 Å². The number of nitrogens with zero attached hydrogens (tertiary/aromatic N) is 6. The van der Waals surface area contributed by atoms with Crippen molar-refractivity contribution in [1.29, 1.82) is 5.26 Å². The molecular weight excluding hydrogens is 993 g/mol. The third-order valence-electron chi connectivity index (χ3n) is 16.4. The molecule has 17 aromatic rings. The van der Waals surface area contributed by atoms with Crippen LogP contribution in [-0.4, -0.2) is 18.3 Å². The highest BCUT2D eigenvalue weighted by molar-refractivity contribution is 6.25. The first-order valence-electron chi connectivity index (χ1n) is 32.5. The average molecular weight is 1050 g/mol. The van der Waals surface area contributed by atoms with Crippen molar-refractivity contribution >= 4 is 137 Å². The second-order valence-corrected chi connectivity index (χ2v) is 21.6. The minimum atomic E-state index is -3.19. The van der Waals surface area contributed by atoms with Gasteiger partial charge in [0, 0.05) is 68.7 Å². The standard InChI is InChI=1S/C73H46N6O2/c1-41-30-36-60-53(38-41)49-32-34-51-47-22-10-16-28-62(47)80-71(51)67(49)78(60)65-55(40-74)66(76-56-24-12-6-18-43(56)44-19-7-13-25-57(44)76)70(69(64(65)75-5)77-58-26-14-8-20-45(58)46-21-9-15-27-59(46)77)79-61-37-31-42(73(2,3)4)39-54(61)50-33-35-52-48-23-11-17-29-63(48)81-72(52)68(50)79/h6-39H,1-4H3/i1D3,10D,16D,22D,28D,30D,32D,34D,36D,38D. The number of benzene rings is 11. The molecule has 0 bridgehead atoms. The first-order valence-corrected chi connectivity index (χ1v) is 26.5. The third-order valence-corrected chi connectivity index (χ3v) is 16.4. The van der Waals surface area contributed by atoms with Crippen LogP contribution < -0.4 is 0 Å². The maximum atomic E-state index is 13.0. The fourth-order valence-electron chi connectivity index (χ4n) is 12.9. The van der Waals surface area contributed by atoms with Gasteiger partial charge in [-0.2, -0.15) is 5.26 Å². The molecule has 0 aliphatic rings. The SMILES string of the molecule is [2H]c1c([2H])c([2H])c2c(oc3c2c([2H])c([2H])c2c4c([2H])c(C([2H])([2H])[2H])c([2H])c([2H])c4n(-c4c(C#N)c(-n5c6ccccc6c6ccccc65)c(-n5c6ccc(C(C)(C)C)cc6c6ccc7c8ccccc8oc7c65)c(-n5c6ccccc6c6ccccc65)c4[N+]#[C-])c32)c1[2H]. The fraction of sp³-hybridized carbons (Fsp3) is 0.0685. The highest BCUT2D eigenvalue weighted by Gasteiger charge is 2.36. The largest absolute Gasteiger partial charge is 0.454 e. The average Bonchev–Trinajstić information content (AvgIpc) is 1.54. The summed E-state index contributed by atoms with van der Waals surface area (Å²) in [5, 5.41) is 18.2. The summed E-state index contributed by atoms with van der Waals surface area (Å²) in [6.45, 7) is 13.3. The van der Waals surface area contributed by atoms with Gasteiger partial charge < -0.3 is 27.1 Å². The Bertz CT molecular complexity index is 6170. The summed E-state index contributed by atoms with van der Waals surface area (Å²) >= 11 is 0. The molecule has 0 aliphatic carbocycles. The van der Waals surface area contributed by atoms with Gasteiger partial charge in [0.25, 0.3) is 0 Å². The lowest BCUT2D eigenvalue weighted by molar-refractivity contribution is 0.591. The van der Waals surface area contributed by atoms with Crippen molar-refractivity contribution < 1.29 is 25.3 Å². The number of nitriles is 1. The fourth-order valence-corrected chi connectivity index (χ4v) is 12.9. The van der Waals surface area contributed by atoms with Gasteiger partial charge in [-0.3, -0.25) is 0 Å². The summed E-state index contributed by atoms with van der Waals surface area (Å²) in [5.74, 6) is 0. The highest BCUT2D eigenvalue weighted by atomic mass is 16.3. The summed E-state index contributed by atoms with van der Waals surface area (Å²) in [4.78, 5) is 4.63. The zero-order chi connectivity index (χ0) is 64.5. The smallest absolute Gasteiger partial charge is 0.237 e. The molecule has 0 spiro atoms. The monoisotopic (exact) mass is 1050 g/mol. The third kappa shape index (κ3) is 5.95. The molecule has 380 valence electrons. The molecule has 0 aliphatic heterocycles. The number of hydrogen-bond acceptors (Lipinski definition) is 3. The molecular formula is C73H46N6O2. The van der Waals surface area contributed by atoms with E-state index in [0.29, 0.717) is 50.0 Å². The molecule has 6 aromatic heterocycles. The maximum absolute atomic E-state index is 13.0. The van der Waals surface area contributed by atoms with E-state index in [4.69, 9.17) is 15.7 Å². The van der Waals surface area contributed by atoms with Crippen molar-refractivity contribution in [2.24, 2.45) is 0 Å². The van der Waals surface area contributed by atoms with E-state index in [2.05, 4.69) is 66.6 Å². The summed E-state index contributed by atoms with van der Waals surface area (Å²) in [6.07, 6.45) is 0. The molecule has 8 nitrogen and oxygen atoms in total. The molecule has 0 N–H and O–H groups in total. The van der Waals surface area contributed by atoms with Crippen molar-refractivity contribution in [3.63, 3.8) is 0 Å². The molecule has 0 fully saturated rings. The van der Waals surface area contributed by atoms with Crippen LogP contribution in [0.2, 0.25) is 0 Å². The summed E-state index contributed by atoms with van der Waals surface area (Å²) in [5.41, 5.74) is 3.24. The molecule has 0 saturated carbocycles. The molecule has 0 atom stereocenters. The number of rotatable bonds is 4. The Morgan fingerprint density at radius 2 is 1.02 bits per heavy atom. The van der Waals surface area contributed by atoms with Crippen molar-refractivity contribution in [3.05, 3.63) is 234 Å². The van der Waals surface area contributed by atoms with Gasteiger partial charge in [0.1, 0.15) is 17.2 Å². The molecule has 6 heterocycles. The van der Waals surface area contributed by atoms with Gasteiger partial charge in [0.05, 0.1) is 91.4 Å². The second-order valence-electron chi connectivity index (χ2n) is 21.6. The van der Waals surface area contributed by atoms with Crippen LogP contribution in [0, 0.1) is 24.8 Å². The Morgan fingerprint density at radius 3 is 1.68 bits per heavy atom. The Kier molecular flexibility index (Phi) is 6.95. The summed E-state index contributed by atoms with van der Waals surface area (Å²) in [6, 6.07) is 45.6. The van der Waals surface area contributed by atoms with Crippen molar-refractivity contribution in [3.8, 4) is 28.8 Å². The number of para-hydroxylation sites is 6. The maximum Gasteiger partial charge on any atom is 0.237 e. The summed E-state index contributed by atoms with van der Waals surface area (Å²) in [7, 11) is 0. The predicted molar refractivity (Wildman–Crippen MR) is 333 cm³/mol. The number of fused-ring (bicyclic) bond motifs is 20. The lowest BCUT2D eigenvalue weighted by Gasteiger charge is -2.27. The Hall–Kier alpha value is -10.8. The van der Waals surface area contributed by atoms with Gasteiger partial charge in [-0.25, -0.2) is 4.85 Å². The van der Waals surface area contributed by atoms with Crippen LogP contribution in [0.15, 0.2) is 215 Å². The lowest BCUT2D eigenvalue weighted by atomic mass is 9.86. The molecule has 11 aromatic carbocycles. The van der Waals surface area contributed by atoms with E-state index < -0.39 is 72.4 Å². The van der Waals surface area contributed by atoms with Crippen LogP contribution in [0.25, 0.3) is 159 Å². The topological polar surface area (TPSA) is 74.1 Å². The quantitative estimate of drug-likeness (QED) is 0.165. The van der Waals surface area contributed by atoms with Gasteiger partial charge in [0.15, 0.2) is 11.2 Å². The molecule has 0 unspecified atom stereocenters. The van der Waals surface area contributed by atoms with E-state index in [1.54, 1.807) is 0 Å². The Morgan fingerprint density at radius 1 is 0.469 bits per heavy atom. The number of furan rings is 2. The lowest BCUT2D eigenvalue weighted by Crippen LogP contribution is -2.15. The van der Waals surface area contributed by atoms with Crippen LogP contribution in [0.1, 0.15) is 53.9 Å². The first kappa shape index (κ1) is 34.9. The first-order chi connectivity index (χ1) is 44.7. The molecule has 17 rings (SSSR count). The van der Waals surface area contributed by atoms with E-state index in [0.717, 1.165) is 48.7 Å². The van der Waals surface area contributed by atoms with Crippen LogP contribution in [0.4, 0.5) is 5.69 Å². The zero-order valence-electron chi connectivity index (χ0n) is 55.4. The molecule has 8 heteroatoms. The van der Waals surface area contributed by atoms with Gasteiger partial charge in [-0.15, -0.1) is 0 Å². The van der Waals surface area contributed by atoms with Crippen molar-refractivity contribution in [1.82, 2.24) is 18.3 Å². The highest BCUT2D eigenvalue weighted by Crippen LogP contribution is 2.54. The van der Waals surface area contributed by atoms with Gasteiger partial charge in [-0.05, 0) is 90.5 Å². The minimum Gasteiger partial charge on any atom is -0.454 e. The molecule has 0 amide bonds. The van der Waals surface area contributed by atoms with Gasteiger partial charge >= 0.3 is 0 Å². The Labute approximate surface area is 480 Å².